The molecule has 0 saturated carbocycles. The van der Waals surface area contributed by atoms with Crippen LogP contribution in [0.25, 0.3) is 0 Å². The number of Topliss-reactive ketones (excluding diaryl/α,β-unsaturated/α-hetero) is 1. The second kappa shape index (κ2) is 11.8. The molecule has 5 nitrogen and oxygen atoms in total. The largest absolute Gasteiger partial charge is 0.468 e. The van der Waals surface area contributed by atoms with Gasteiger partial charge in [0.15, 0.2) is 5.78 Å². The van der Waals surface area contributed by atoms with Gasteiger partial charge in [0.1, 0.15) is 5.60 Å². The molecule has 5 heteroatoms. The van der Waals surface area contributed by atoms with Gasteiger partial charge in [-0.05, 0) is 62.4 Å². The van der Waals surface area contributed by atoms with Crippen LogP contribution in [-0.4, -0.2) is 38.6 Å². The highest BCUT2D eigenvalue weighted by molar-refractivity contribution is 5.96. The third kappa shape index (κ3) is 5.68. The molecule has 0 atom stereocenters. The normalized spacial score (nSPS) is 14.8. The van der Waals surface area contributed by atoms with Gasteiger partial charge < -0.3 is 14.8 Å². The van der Waals surface area contributed by atoms with E-state index in [0.717, 1.165) is 42.6 Å². The Kier molecular flexibility index (Phi) is 8.57. The van der Waals surface area contributed by atoms with E-state index in [1.807, 2.05) is 38.1 Å². The summed E-state index contributed by atoms with van der Waals surface area (Å²) in [5.41, 5.74) is 2.26. The summed E-state index contributed by atoms with van der Waals surface area (Å²) < 4.78 is 11.8. The average molecular weight is 500 g/mol. The molecule has 0 bridgehead atoms. The summed E-state index contributed by atoms with van der Waals surface area (Å²) in [7, 11) is 1.39. The molecule has 37 heavy (non-hydrogen) atoms. The Hall–Kier alpha value is -3.28. The lowest BCUT2D eigenvalue weighted by molar-refractivity contribution is -0.146. The molecule has 1 aliphatic rings. The van der Waals surface area contributed by atoms with E-state index in [1.165, 1.54) is 7.11 Å². The standard InChI is InChI=1S/C32H37NO4/c1-31(2,30(35)36-3)25-16-14-24(15-17-25)29(34)20-23-37-32(26-10-6-4-7-11-26,27-12-8-5-9-13-27)28-18-21-33-22-19-28/h4-17,28,33H,18-23H2,1-3H3. The number of nitrogens with one attached hydrogen (secondary N) is 1. The number of esters is 1. The highest BCUT2D eigenvalue weighted by atomic mass is 16.5. The number of hydrogen-bond acceptors (Lipinski definition) is 5. The first-order chi connectivity index (χ1) is 17.9. The monoisotopic (exact) mass is 499 g/mol. The number of carbonyl (C=O) groups excluding carboxylic acids is 2. The number of ketones is 1. The van der Waals surface area contributed by atoms with Crippen LogP contribution in [-0.2, 0) is 25.3 Å². The minimum atomic E-state index is -0.779. The lowest BCUT2D eigenvalue weighted by Gasteiger charge is -2.43. The van der Waals surface area contributed by atoms with Crippen LogP contribution in [0, 0.1) is 5.92 Å². The average Bonchev–Trinajstić information content (AvgIpc) is 2.96. The van der Waals surface area contributed by atoms with E-state index in [4.69, 9.17) is 9.47 Å². The van der Waals surface area contributed by atoms with Crippen LogP contribution in [0.3, 0.4) is 0 Å². The van der Waals surface area contributed by atoms with Gasteiger partial charge in [0.25, 0.3) is 0 Å². The van der Waals surface area contributed by atoms with Crippen LogP contribution >= 0.6 is 0 Å². The highest BCUT2D eigenvalue weighted by Crippen LogP contribution is 2.44. The molecule has 1 saturated heterocycles. The summed E-state index contributed by atoms with van der Waals surface area (Å²) in [6.45, 7) is 5.83. The minimum absolute atomic E-state index is 0.0164. The molecule has 194 valence electrons. The highest BCUT2D eigenvalue weighted by Gasteiger charge is 2.43. The second-order valence-electron chi connectivity index (χ2n) is 10.2. The molecule has 0 radical (unpaired) electrons. The summed E-state index contributed by atoms with van der Waals surface area (Å²) in [6, 6.07) is 28.1. The Bertz CT molecular complexity index is 1130. The zero-order chi connectivity index (χ0) is 26.3. The third-order valence-corrected chi connectivity index (χ3v) is 7.60. The second-order valence-corrected chi connectivity index (χ2v) is 10.2. The van der Waals surface area contributed by atoms with Gasteiger partial charge in [-0.1, -0.05) is 84.9 Å². The molecule has 3 aromatic carbocycles. The molecule has 1 aliphatic heterocycles. The van der Waals surface area contributed by atoms with E-state index < -0.39 is 11.0 Å². The Morgan fingerprint density at radius 2 is 1.35 bits per heavy atom. The first-order valence-corrected chi connectivity index (χ1v) is 13.1. The number of hydrogen-bond donors (Lipinski definition) is 1. The molecule has 1 N–H and O–H groups in total. The quantitative estimate of drug-likeness (QED) is 0.288. The third-order valence-electron chi connectivity index (χ3n) is 7.60. The van der Waals surface area contributed by atoms with E-state index in [-0.39, 0.29) is 24.1 Å². The smallest absolute Gasteiger partial charge is 0.315 e. The SMILES string of the molecule is COC(=O)C(C)(C)c1ccc(C(=O)CCOC(c2ccccc2)(c2ccccc2)C2CCNCC2)cc1. The van der Waals surface area contributed by atoms with Crippen molar-refractivity contribution in [2.24, 2.45) is 5.92 Å². The molecular formula is C32H37NO4. The topological polar surface area (TPSA) is 64.6 Å². The first kappa shape index (κ1) is 26.8. The van der Waals surface area contributed by atoms with Crippen LogP contribution in [0.5, 0.6) is 0 Å². The molecule has 0 aromatic heterocycles. The molecule has 0 unspecified atom stereocenters. The van der Waals surface area contributed by atoms with Gasteiger partial charge in [0.05, 0.1) is 19.1 Å². The van der Waals surface area contributed by atoms with Gasteiger partial charge in [0.2, 0.25) is 0 Å². The maximum Gasteiger partial charge on any atom is 0.315 e. The molecule has 1 heterocycles. The molecule has 0 spiro atoms. The predicted octanol–water partition coefficient (Wildman–Crippen LogP) is 5.67. The number of ether oxygens (including phenoxy) is 2. The van der Waals surface area contributed by atoms with Crippen molar-refractivity contribution in [3.05, 3.63) is 107 Å². The Morgan fingerprint density at radius 1 is 0.811 bits per heavy atom. The van der Waals surface area contributed by atoms with E-state index in [1.54, 1.807) is 12.1 Å². The molecule has 4 rings (SSSR count). The number of rotatable bonds is 10. The molecule has 0 aliphatic carbocycles. The van der Waals surface area contributed by atoms with Crippen molar-refractivity contribution < 1.29 is 19.1 Å². The predicted molar refractivity (Wildman–Crippen MR) is 146 cm³/mol. The van der Waals surface area contributed by atoms with Gasteiger partial charge in [-0.2, -0.15) is 0 Å². The zero-order valence-electron chi connectivity index (χ0n) is 22.0. The minimum Gasteiger partial charge on any atom is -0.468 e. The van der Waals surface area contributed by atoms with Crippen LogP contribution in [0.15, 0.2) is 84.9 Å². The number of piperidine rings is 1. The molecular weight excluding hydrogens is 462 g/mol. The Morgan fingerprint density at radius 3 is 1.86 bits per heavy atom. The fourth-order valence-electron chi connectivity index (χ4n) is 5.42. The Labute approximate surface area is 220 Å². The molecule has 1 fully saturated rings. The van der Waals surface area contributed by atoms with E-state index in [0.29, 0.717) is 12.2 Å². The lowest BCUT2D eigenvalue weighted by Crippen LogP contribution is -2.45. The van der Waals surface area contributed by atoms with Crippen molar-refractivity contribution in [2.75, 3.05) is 26.8 Å². The summed E-state index contributed by atoms with van der Waals surface area (Å²) in [5.74, 6) is -0.00713. The van der Waals surface area contributed by atoms with Crippen molar-refractivity contribution in [1.29, 1.82) is 0 Å². The maximum atomic E-state index is 13.1. The number of methoxy groups -OCH3 is 1. The van der Waals surface area contributed by atoms with E-state index in [9.17, 15) is 9.59 Å². The van der Waals surface area contributed by atoms with Crippen LogP contribution < -0.4 is 5.32 Å². The van der Waals surface area contributed by atoms with Gasteiger partial charge in [-0.3, -0.25) is 9.59 Å². The summed E-state index contributed by atoms with van der Waals surface area (Å²) in [4.78, 5) is 25.3. The maximum absolute atomic E-state index is 13.1. The van der Waals surface area contributed by atoms with E-state index in [2.05, 4.69) is 53.8 Å². The lowest BCUT2D eigenvalue weighted by atomic mass is 9.72. The van der Waals surface area contributed by atoms with Gasteiger partial charge in [-0.15, -0.1) is 0 Å². The van der Waals surface area contributed by atoms with E-state index >= 15 is 0 Å². The van der Waals surface area contributed by atoms with Crippen molar-refractivity contribution in [3.8, 4) is 0 Å². The van der Waals surface area contributed by atoms with Crippen molar-refractivity contribution in [1.82, 2.24) is 5.32 Å². The van der Waals surface area contributed by atoms with Crippen molar-refractivity contribution >= 4 is 11.8 Å². The first-order valence-electron chi connectivity index (χ1n) is 13.1. The van der Waals surface area contributed by atoms with Crippen molar-refractivity contribution in [3.63, 3.8) is 0 Å². The van der Waals surface area contributed by atoms with Gasteiger partial charge in [0, 0.05) is 12.0 Å². The summed E-state index contributed by atoms with van der Waals surface area (Å²) in [5, 5.41) is 3.47. The summed E-state index contributed by atoms with van der Waals surface area (Å²) >= 11 is 0. The van der Waals surface area contributed by atoms with Crippen LogP contribution in [0.2, 0.25) is 0 Å². The molecule has 0 amide bonds. The zero-order valence-corrected chi connectivity index (χ0v) is 22.0. The fourth-order valence-corrected chi connectivity index (χ4v) is 5.42. The van der Waals surface area contributed by atoms with Crippen LogP contribution in [0.4, 0.5) is 0 Å². The van der Waals surface area contributed by atoms with Crippen LogP contribution in [0.1, 0.15) is 60.2 Å². The Balaban J connectivity index is 1.56. The number of benzene rings is 3. The fraction of sp³-hybridized carbons (Fsp3) is 0.375. The van der Waals surface area contributed by atoms with Gasteiger partial charge >= 0.3 is 5.97 Å². The number of carbonyl (C=O) groups is 2. The summed E-state index contributed by atoms with van der Waals surface area (Å²) in [6.07, 6.45) is 2.26. The van der Waals surface area contributed by atoms with Crippen molar-refractivity contribution in [2.45, 2.75) is 44.1 Å². The van der Waals surface area contributed by atoms with Gasteiger partial charge in [-0.25, -0.2) is 0 Å². The molecule has 3 aromatic rings.